The third kappa shape index (κ3) is 4.08. The highest BCUT2D eigenvalue weighted by atomic mass is 35.5. The summed E-state index contributed by atoms with van der Waals surface area (Å²) in [7, 11) is 0. The minimum atomic E-state index is -0.624. The first-order valence-corrected chi connectivity index (χ1v) is 9.43. The molecule has 1 fully saturated rings. The Kier molecular flexibility index (Phi) is 5.71. The second-order valence-electron chi connectivity index (χ2n) is 6.86. The molecule has 0 bridgehead atoms. The minimum Gasteiger partial charge on any atom is -0.368 e. The normalized spacial score (nSPS) is 14.2. The third-order valence-corrected chi connectivity index (χ3v) is 5.60. The largest absolute Gasteiger partial charge is 0.368 e. The summed E-state index contributed by atoms with van der Waals surface area (Å²) in [6.45, 7) is 8.48. The molecule has 2 amide bonds. The molecule has 0 saturated carbocycles. The molecule has 1 aliphatic rings. The molecule has 3 rings (SSSR count). The van der Waals surface area contributed by atoms with E-state index in [9.17, 15) is 9.59 Å². The van der Waals surface area contributed by atoms with Crippen LogP contribution in [0.15, 0.2) is 36.4 Å². The molecule has 0 spiro atoms. The van der Waals surface area contributed by atoms with Gasteiger partial charge in [-0.25, -0.2) is 0 Å². The second-order valence-corrected chi connectivity index (χ2v) is 7.27. The van der Waals surface area contributed by atoms with Crippen LogP contribution in [0.1, 0.15) is 16.7 Å². The summed E-state index contributed by atoms with van der Waals surface area (Å²) in [5, 5.41) is 3.24. The predicted molar refractivity (Wildman–Crippen MR) is 110 cm³/mol. The number of aryl methyl sites for hydroxylation is 1. The zero-order chi connectivity index (χ0) is 19.6. The van der Waals surface area contributed by atoms with Gasteiger partial charge in [0.25, 0.3) is 0 Å². The van der Waals surface area contributed by atoms with E-state index in [1.165, 1.54) is 16.8 Å². The maximum absolute atomic E-state index is 12.5. The average Bonchev–Trinajstić information content (AvgIpc) is 2.67. The standard InChI is InChI=1S/C21H24ClN3O2/c1-14-6-4-9-19(15(14)2)24-10-12-25(13-11-24)21(27)20(26)23-18-8-5-7-17(22)16(18)3/h4-9H,10-13H2,1-3H3,(H,23,26). The second kappa shape index (κ2) is 8.01. The van der Waals surface area contributed by atoms with E-state index in [2.05, 4.69) is 42.3 Å². The summed E-state index contributed by atoms with van der Waals surface area (Å²) < 4.78 is 0. The molecule has 142 valence electrons. The van der Waals surface area contributed by atoms with Gasteiger partial charge in [0.2, 0.25) is 0 Å². The maximum Gasteiger partial charge on any atom is 0.313 e. The molecule has 0 aromatic heterocycles. The molecule has 0 aliphatic carbocycles. The lowest BCUT2D eigenvalue weighted by atomic mass is 10.1. The van der Waals surface area contributed by atoms with Crippen LogP contribution in [0, 0.1) is 20.8 Å². The number of benzene rings is 2. The van der Waals surface area contributed by atoms with Gasteiger partial charge in [0.15, 0.2) is 0 Å². The molecule has 2 aromatic rings. The number of nitrogens with zero attached hydrogens (tertiary/aromatic N) is 2. The van der Waals surface area contributed by atoms with Crippen molar-refractivity contribution in [3.8, 4) is 0 Å². The molecular formula is C21H24ClN3O2. The SMILES string of the molecule is Cc1cccc(N2CCN(C(=O)C(=O)Nc3cccc(Cl)c3C)CC2)c1C. The number of carbonyl (C=O) groups excluding carboxylic acids is 2. The van der Waals surface area contributed by atoms with Crippen LogP contribution in [-0.2, 0) is 9.59 Å². The summed E-state index contributed by atoms with van der Waals surface area (Å²) >= 11 is 6.07. The van der Waals surface area contributed by atoms with Gasteiger partial charge in [-0.3, -0.25) is 9.59 Å². The van der Waals surface area contributed by atoms with Crippen LogP contribution in [0.25, 0.3) is 0 Å². The number of halogens is 1. The van der Waals surface area contributed by atoms with Crippen molar-refractivity contribution in [1.82, 2.24) is 4.90 Å². The lowest BCUT2D eigenvalue weighted by molar-refractivity contribution is -0.143. The fraction of sp³-hybridized carbons (Fsp3) is 0.333. The Morgan fingerprint density at radius 2 is 1.59 bits per heavy atom. The third-order valence-electron chi connectivity index (χ3n) is 5.19. The highest BCUT2D eigenvalue weighted by Gasteiger charge is 2.27. The van der Waals surface area contributed by atoms with Crippen LogP contribution in [-0.4, -0.2) is 42.9 Å². The number of hydrogen-bond donors (Lipinski definition) is 1. The first-order chi connectivity index (χ1) is 12.9. The monoisotopic (exact) mass is 385 g/mol. The van der Waals surface area contributed by atoms with Crippen molar-refractivity contribution in [2.24, 2.45) is 0 Å². The predicted octanol–water partition coefficient (Wildman–Crippen LogP) is 3.55. The van der Waals surface area contributed by atoms with Gasteiger partial charge in [-0.15, -0.1) is 0 Å². The first kappa shape index (κ1) is 19.2. The topological polar surface area (TPSA) is 52.7 Å². The van der Waals surface area contributed by atoms with E-state index in [0.717, 1.165) is 5.56 Å². The Balaban J connectivity index is 1.62. The molecule has 0 unspecified atom stereocenters. The highest BCUT2D eigenvalue weighted by Crippen LogP contribution is 2.25. The summed E-state index contributed by atoms with van der Waals surface area (Å²) in [5.74, 6) is -1.13. The summed E-state index contributed by atoms with van der Waals surface area (Å²) in [4.78, 5) is 28.8. The number of nitrogens with one attached hydrogen (secondary N) is 1. The number of carbonyl (C=O) groups is 2. The number of piperazine rings is 1. The summed E-state index contributed by atoms with van der Waals surface area (Å²) in [6.07, 6.45) is 0. The van der Waals surface area contributed by atoms with Crippen LogP contribution in [0.4, 0.5) is 11.4 Å². The van der Waals surface area contributed by atoms with Crippen molar-refractivity contribution in [2.75, 3.05) is 36.4 Å². The molecule has 6 heteroatoms. The summed E-state index contributed by atoms with van der Waals surface area (Å²) in [5.41, 5.74) is 5.02. The highest BCUT2D eigenvalue weighted by molar-refractivity contribution is 6.40. The average molecular weight is 386 g/mol. The molecule has 27 heavy (non-hydrogen) atoms. The molecule has 1 aliphatic heterocycles. The Bertz CT molecular complexity index is 874. The van der Waals surface area contributed by atoms with E-state index in [-0.39, 0.29) is 0 Å². The van der Waals surface area contributed by atoms with Crippen molar-refractivity contribution in [3.63, 3.8) is 0 Å². The van der Waals surface area contributed by atoms with Crippen molar-refractivity contribution < 1.29 is 9.59 Å². The van der Waals surface area contributed by atoms with Gasteiger partial charge in [0.1, 0.15) is 0 Å². The van der Waals surface area contributed by atoms with Crippen LogP contribution < -0.4 is 10.2 Å². The van der Waals surface area contributed by atoms with Crippen molar-refractivity contribution in [1.29, 1.82) is 0 Å². The van der Waals surface area contributed by atoms with Crippen LogP contribution in [0.3, 0.4) is 0 Å². The quantitative estimate of drug-likeness (QED) is 0.804. The molecule has 1 N–H and O–H groups in total. The van der Waals surface area contributed by atoms with Gasteiger partial charge < -0.3 is 15.1 Å². The van der Waals surface area contributed by atoms with E-state index in [1.807, 2.05) is 6.92 Å². The van der Waals surface area contributed by atoms with Crippen LogP contribution >= 0.6 is 11.6 Å². The molecular weight excluding hydrogens is 362 g/mol. The van der Waals surface area contributed by atoms with Crippen LogP contribution in [0.2, 0.25) is 5.02 Å². The molecule has 0 radical (unpaired) electrons. The Morgan fingerprint density at radius 1 is 0.926 bits per heavy atom. The van der Waals surface area contributed by atoms with Crippen molar-refractivity contribution >= 4 is 34.8 Å². The Morgan fingerprint density at radius 3 is 2.30 bits per heavy atom. The zero-order valence-electron chi connectivity index (χ0n) is 15.9. The number of anilines is 2. The van der Waals surface area contributed by atoms with E-state index in [0.29, 0.717) is 36.9 Å². The van der Waals surface area contributed by atoms with Gasteiger partial charge in [-0.1, -0.05) is 29.8 Å². The lowest BCUT2D eigenvalue weighted by Gasteiger charge is -2.36. The molecule has 2 aromatic carbocycles. The van der Waals surface area contributed by atoms with Gasteiger partial charge in [0, 0.05) is 42.6 Å². The van der Waals surface area contributed by atoms with E-state index in [4.69, 9.17) is 11.6 Å². The van der Waals surface area contributed by atoms with Crippen molar-refractivity contribution in [3.05, 3.63) is 58.1 Å². The zero-order valence-corrected chi connectivity index (χ0v) is 16.6. The Labute approximate surface area is 164 Å². The molecule has 1 heterocycles. The van der Waals surface area contributed by atoms with Crippen molar-refractivity contribution in [2.45, 2.75) is 20.8 Å². The fourth-order valence-electron chi connectivity index (χ4n) is 3.29. The van der Waals surface area contributed by atoms with Gasteiger partial charge in [0.05, 0.1) is 0 Å². The number of amides is 2. The number of rotatable bonds is 2. The van der Waals surface area contributed by atoms with Gasteiger partial charge in [-0.05, 0) is 55.7 Å². The first-order valence-electron chi connectivity index (χ1n) is 9.05. The van der Waals surface area contributed by atoms with E-state index in [1.54, 1.807) is 23.1 Å². The fourth-order valence-corrected chi connectivity index (χ4v) is 3.47. The molecule has 5 nitrogen and oxygen atoms in total. The van der Waals surface area contributed by atoms with E-state index >= 15 is 0 Å². The number of hydrogen-bond acceptors (Lipinski definition) is 3. The minimum absolute atomic E-state index is 0.505. The van der Waals surface area contributed by atoms with Gasteiger partial charge in [-0.2, -0.15) is 0 Å². The smallest absolute Gasteiger partial charge is 0.313 e. The van der Waals surface area contributed by atoms with Gasteiger partial charge >= 0.3 is 11.8 Å². The Hall–Kier alpha value is -2.53. The van der Waals surface area contributed by atoms with Crippen LogP contribution in [0.5, 0.6) is 0 Å². The lowest BCUT2D eigenvalue weighted by Crippen LogP contribution is -2.51. The van der Waals surface area contributed by atoms with E-state index < -0.39 is 11.8 Å². The maximum atomic E-state index is 12.5. The molecule has 1 saturated heterocycles. The summed E-state index contributed by atoms with van der Waals surface area (Å²) in [6, 6.07) is 11.5. The molecule has 0 atom stereocenters.